The van der Waals surface area contributed by atoms with Crippen molar-refractivity contribution in [1.82, 2.24) is 10.6 Å². The second-order valence-corrected chi connectivity index (χ2v) is 4.83. The topological polar surface area (TPSA) is 36.4 Å². The molecule has 0 saturated heterocycles. The van der Waals surface area contributed by atoms with Crippen LogP contribution in [0.15, 0.2) is 41.4 Å². The molecule has 0 atom stereocenters. The van der Waals surface area contributed by atoms with Crippen molar-refractivity contribution in [2.45, 2.75) is 38.8 Å². The molecule has 1 aromatic rings. The van der Waals surface area contributed by atoms with E-state index in [1.54, 1.807) is 0 Å². The van der Waals surface area contributed by atoms with Gasteiger partial charge in [-0.3, -0.25) is 4.99 Å². The summed E-state index contributed by atoms with van der Waals surface area (Å²) in [6.07, 6.45) is 7.68. The van der Waals surface area contributed by atoms with Crippen LogP contribution >= 0.6 is 24.0 Å². The number of rotatable bonds is 4. The molecule has 0 unspecified atom stereocenters. The lowest BCUT2D eigenvalue weighted by Gasteiger charge is -2.17. The SMILES string of the molecule is CCc1ccccc1CNC(=NC)NC1CC=CC1.I. The second-order valence-electron chi connectivity index (χ2n) is 4.83. The summed E-state index contributed by atoms with van der Waals surface area (Å²) in [5.74, 6) is 0.889. The molecule has 0 radical (unpaired) electrons. The smallest absolute Gasteiger partial charge is 0.191 e. The van der Waals surface area contributed by atoms with Gasteiger partial charge in [0.05, 0.1) is 0 Å². The molecule has 1 aromatic carbocycles. The molecule has 20 heavy (non-hydrogen) atoms. The molecule has 0 aromatic heterocycles. The van der Waals surface area contributed by atoms with E-state index in [-0.39, 0.29) is 24.0 Å². The summed E-state index contributed by atoms with van der Waals surface area (Å²) in [5, 5.41) is 6.85. The molecule has 1 aliphatic rings. The van der Waals surface area contributed by atoms with E-state index in [1.807, 2.05) is 7.05 Å². The highest BCUT2D eigenvalue weighted by Crippen LogP contribution is 2.10. The molecule has 0 heterocycles. The molecule has 0 saturated carbocycles. The lowest BCUT2D eigenvalue weighted by molar-refractivity contribution is 0.632. The standard InChI is InChI=1S/C16H23N3.HI/c1-3-13-8-4-5-9-14(13)12-18-16(17-2)19-15-10-6-7-11-15;/h4-9,15H,3,10-12H2,1-2H3,(H2,17,18,19);1H. The Kier molecular flexibility index (Phi) is 7.65. The third-order valence-electron chi connectivity index (χ3n) is 3.52. The number of nitrogens with zero attached hydrogens (tertiary/aromatic N) is 1. The molecule has 2 rings (SSSR count). The van der Waals surface area contributed by atoms with Crippen LogP contribution in [0.4, 0.5) is 0 Å². The van der Waals surface area contributed by atoms with Gasteiger partial charge < -0.3 is 10.6 Å². The lowest BCUT2D eigenvalue weighted by atomic mass is 10.1. The van der Waals surface area contributed by atoms with Crippen LogP contribution in [0.5, 0.6) is 0 Å². The maximum Gasteiger partial charge on any atom is 0.191 e. The highest BCUT2D eigenvalue weighted by atomic mass is 127. The molecular formula is C16H24IN3. The first-order valence-electron chi connectivity index (χ1n) is 7.02. The largest absolute Gasteiger partial charge is 0.353 e. The van der Waals surface area contributed by atoms with Gasteiger partial charge in [0.25, 0.3) is 0 Å². The van der Waals surface area contributed by atoms with Crippen molar-refractivity contribution in [3.8, 4) is 0 Å². The Balaban J connectivity index is 0.00000200. The number of halogens is 1. The van der Waals surface area contributed by atoms with Crippen LogP contribution in [0.25, 0.3) is 0 Å². The Morgan fingerprint density at radius 2 is 1.85 bits per heavy atom. The number of hydrogen-bond acceptors (Lipinski definition) is 1. The molecule has 2 N–H and O–H groups in total. The molecule has 0 amide bonds. The van der Waals surface area contributed by atoms with Crippen molar-refractivity contribution in [2.75, 3.05) is 7.05 Å². The van der Waals surface area contributed by atoms with Gasteiger partial charge in [0.15, 0.2) is 5.96 Å². The minimum atomic E-state index is 0. The average molecular weight is 385 g/mol. The molecule has 110 valence electrons. The van der Waals surface area contributed by atoms with Gasteiger partial charge in [-0.15, -0.1) is 24.0 Å². The molecular weight excluding hydrogens is 361 g/mol. The summed E-state index contributed by atoms with van der Waals surface area (Å²) in [4.78, 5) is 4.29. The van der Waals surface area contributed by atoms with Crippen LogP contribution < -0.4 is 10.6 Å². The zero-order valence-electron chi connectivity index (χ0n) is 12.2. The van der Waals surface area contributed by atoms with E-state index in [0.29, 0.717) is 6.04 Å². The fourth-order valence-electron chi connectivity index (χ4n) is 2.38. The molecule has 0 spiro atoms. The van der Waals surface area contributed by atoms with Gasteiger partial charge in [-0.25, -0.2) is 0 Å². The third-order valence-corrected chi connectivity index (χ3v) is 3.52. The van der Waals surface area contributed by atoms with Crippen LogP contribution in [-0.4, -0.2) is 19.0 Å². The van der Waals surface area contributed by atoms with Gasteiger partial charge in [-0.2, -0.15) is 0 Å². The Hall–Kier alpha value is -1.04. The number of guanidine groups is 1. The van der Waals surface area contributed by atoms with E-state index in [0.717, 1.165) is 31.8 Å². The predicted octanol–water partition coefficient (Wildman–Crippen LogP) is 3.25. The number of benzene rings is 1. The quantitative estimate of drug-likeness (QED) is 0.361. The average Bonchev–Trinajstić information content (AvgIpc) is 2.96. The zero-order valence-corrected chi connectivity index (χ0v) is 14.6. The monoisotopic (exact) mass is 385 g/mol. The van der Waals surface area contributed by atoms with Crippen LogP contribution in [0.3, 0.4) is 0 Å². The summed E-state index contributed by atoms with van der Waals surface area (Å²) in [6.45, 7) is 3.01. The first-order valence-corrected chi connectivity index (χ1v) is 7.02. The van der Waals surface area contributed by atoms with E-state index >= 15 is 0 Å². The zero-order chi connectivity index (χ0) is 13.5. The van der Waals surface area contributed by atoms with Gasteiger partial charge in [0.2, 0.25) is 0 Å². The fourth-order valence-corrected chi connectivity index (χ4v) is 2.38. The van der Waals surface area contributed by atoms with E-state index in [2.05, 4.69) is 59.0 Å². The maximum absolute atomic E-state index is 4.29. The van der Waals surface area contributed by atoms with Gasteiger partial charge in [0, 0.05) is 19.6 Å². The predicted molar refractivity (Wildman–Crippen MR) is 96.7 cm³/mol. The molecule has 1 aliphatic carbocycles. The van der Waals surface area contributed by atoms with Crippen LogP contribution in [0.1, 0.15) is 30.9 Å². The van der Waals surface area contributed by atoms with E-state index < -0.39 is 0 Å². The van der Waals surface area contributed by atoms with Crippen LogP contribution in [0, 0.1) is 0 Å². The Labute approximate surface area is 139 Å². The summed E-state index contributed by atoms with van der Waals surface area (Å²) in [5.41, 5.74) is 2.74. The normalized spacial score (nSPS) is 15.0. The van der Waals surface area contributed by atoms with Crippen molar-refractivity contribution in [3.63, 3.8) is 0 Å². The summed E-state index contributed by atoms with van der Waals surface area (Å²) in [7, 11) is 1.82. The van der Waals surface area contributed by atoms with E-state index in [9.17, 15) is 0 Å². The number of hydrogen-bond donors (Lipinski definition) is 2. The van der Waals surface area contributed by atoms with Gasteiger partial charge in [0.1, 0.15) is 0 Å². The highest BCUT2D eigenvalue weighted by Gasteiger charge is 2.11. The lowest BCUT2D eigenvalue weighted by Crippen LogP contribution is -2.42. The maximum atomic E-state index is 4.29. The molecule has 4 heteroatoms. The third kappa shape index (κ3) is 4.81. The van der Waals surface area contributed by atoms with Crippen molar-refractivity contribution in [2.24, 2.45) is 4.99 Å². The summed E-state index contributed by atoms with van der Waals surface area (Å²) < 4.78 is 0. The van der Waals surface area contributed by atoms with Gasteiger partial charge >= 0.3 is 0 Å². The molecule has 3 nitrogen and oxygen atoms in total. The Bertz CT molecular complexity index is 461. The van der Waals surface area contributed by atoms with Crippen molar-refractivity contribution < 1.29 is 0 Å². The van der Waals surface area contributed by atoms with E-state index in [1.165, 1.54) is 11.1 Å². The molecule has 0 bridgehead atoms. The van der Waals surface area contributed by atoms with Crippen molar-refractivity contribution >= 4 is 29.9 Å². The Morgan fingerprint density at radius 3 is 2.45 bits per heavy atom. The number of aryl methyl sites for hydroxylation is 1. The van der Waals surface area contributed by atoms with Crippen molar-refractivity contribution in [1.29, 1.82) is 0 Å². The molecule has 0 aliphatic heterocycles. The molecule has 0 fully saturated rings. The highest BCUT2D eigenvalue weighted by molar-refractivity contribution is 14.0. The number of aliphatic imine (C=N–C) groups is 1. The van der Waals surface area contributed by atoms with E-state index in [4.69, 9.17) is 0 Å². The first-order chi connectivity index (χ1) is 9.33. The second kappa shape index (κ2) is 9.00. The minimum absolute atomic E-state index is 0. The number of nitrogens with one attached hydrogen (secondary N) is 2. The fraction of sp³-hybridized carbons (Fsp3) is 0.438. The Morgan fingerprint density at radius 1 is 1.20 bits per heavy atom. The van der Waals surface area contributed by atoms with Crippen LogP contribution in [0.2, 0.25) is 0 Å². The minimum Gasteiger partial charge on any atom is -0.353 e. The van der Waals surface area contributed by atoms with Gasteiger partial charge in [-0.05, 0) is 30.4 Å². The first kappa shape index (κ1) is 17.0. The van der Waals surface area contributed by atoms with Gasteiger partial charge in [-0.1, -0.05) is 43.3 Å². The van der Waals surface area contributed by atoms with Crippen molar-refractivity contribution in [3.05, 3.63) is 47.5 Å². The summed E-state index contributed by atoms with van der Waals surface area (Å²) in [6, 6.07) is 9.05. The summed E-state index contributed by atoms with van der Waals surface area (Å²) >= 11 is 0. The van der Waals surface area contributed by atoms with Crippen LogP contribution in [-0.2, 0) is 13.0 Å².